The van der Waals surface area contributed by atoms with E-state index in [1.54, 1.807) is 0 Å². The smallest absolute Gasteiger partial charge is 0.0858 e. The van der Waals surface area contributed by atoms with Crippen molar-refractivity contribution in [3.63, 3.8) is 0 Å². The first-order valence-electron chi connectivity index (χ1n) is 10.7. The molecule has 2 heterocycles. The number of unbranched alkanes of at least 4 members (excludes halogenated alkanes) is 1. The van der Waals surface area contributed by atoms with Crippen LogP contribution in [0.3, 0.4) is 0 Å². The van der Waals surface area contributed by atoms with E-state index in [4.69, 9.17) is 0 Å². The predicted octanol–water partition coefficient (Wildman–Crippen LogP) is 5.64. The molecule has 156 valence electrons. The maximum atomic E-state index is 4.59. The Bertz CT molecular complexity index is 810. The monoisotopic (exact) mass is 392 g/mol. The summed E-state index contributed by atoms with van der Waals surface area (Å²) in [7, 11) is 0. The lowest BCUT2D eigenvalue weighted by Crippen LogP contribution is -2.51. The number of pyridine rings is 2. The Morgan fingerprint density at radius 2 is 1.76 bits per heavy atom. The van der Waals surface area contributed by atoms with Crippen LogP contribution in [-0.2, 0) is 0 Å². The fourth-order valence-corrected chi connectivity index (χ4v) is 3.57. The van der Waals surface area contributed by atoms with E-state index in [1.807, 2.05) is 44.3 Å². The second-order valence-corrected chi connectivity index (χ2v) is 7.95. The molecule has 0 amide bonds. The Morgan fingerprint density at radius 3 is 2.38 bits per heavy atom. The van der Waals surface area contributed by atoms with E-state index in [1.165, 1.54) is 0 Å². The van der Waals surface area contributed by atoms with E-state index in [2.05, 4.69) is 53.7 Å². The van der Waals surface area contributed by atoms with Crippen LogP contribution in [0.25, 0.3) is 11.4 Å². The van der Waals surface area contributed by atoms with Crippen molar-refractivity contribution < 1.29 is 0 Å². The number of aryl methyl sites for hydroxylation is 2. The van der Waals surface area contributed by atoms with Gasteiger partial charge in [-0.1, -0.05) is 58.4 Å². The molecule has 1 atom stereocenters. The van der Waals surface area contributed by atoms with Crippen LogP contribution in [0.5, 0.6) is 0 Å². The maximum absolute atomic E-state index is 4.59. The molecule has 0 spiro atoms. The van der Waals surface area contributed by atoms with Crippen LogP contribution in [0.15, 0.2) is 49.7 Å². The molecular weight excluding hydrogens is 356 g/mol. The standard InChI is InChI=1S/C25H36N4/c1-7-9-16-25(15-8-2,29-22(6)23-14-13-19(3)17-26-23)18-27-21(5)24-12-10-11-20(4)28-24/h10-14,17,27,29H,5-9,15-16,18H2,1-4H3. The van der Waals surface area contributed by atoms with Gasteiger partial charge in [-0.15, -0.1) is 0 Å². The van der Waals surface area contributed by atoms with Gasteiger partial charge in [-0.3, -0.25) is 9.97 Å². The van der Waals surface area contributed by atoms with E-state index >= 15 is 0 Å². The summed E-state index contributed by atoms with van der Waals surface area (Å²) >= 11 is 0. The second kappa shape index (κ2) is 10.8. The molecule has 0 aliphatic carbocycles. The molecule has 0 aromatic carbocycles. The van der Waals surface area contributed by atoms with E-state index < -0.39 is 0 Å². The lowest BCUT2D eigenvalue weighted by Gasteiger charge is -2.37. The molecule has 2 aromatic rings. The van der Waals surface area contributed by atoms with Crippen molar-refractivity contribution in [2.24, 2.45) is 0 Å². The van der Waals surface area contributed by atoms with E-state index in [0.717, 1.165) is 72.7 Å². The van der Waals surface area contributed by atoms with Crippen molar-refractivity contribution in [3.05, 3.63) is 72.3 Å². The number of hydrogen-bond donors (Lipinski definition) is 2. The van der Waals surface area contributed by atoms with Gasteiger partial charge < -0.3 is 10.6 Å². The van der Waals surface area contributed by atoms with Gasteiger partial charge in [0.2, 0.25) is 0 Å². The Balaban J connectivity index is 2.18. The highest BCUT2D eigenvalue weighted by atomic mass is 15.1. The summed E-state index contributed by atoms with van der Waals surface area (Å²) in [4.78, 5) is 9.13. The fourth-order valence-electron chi connectivity index (χ4n) is 3.57. The molecule has 4 heteroatoms. The number of nitrogens with one attached hydrogen (secondary N) is 2. The van der Waals surface area contributed by atoms with E-state index in [0.29, 0.717) is 0 Å². The van der Waals surface area contributed by atoms with Gasteiger partial charge in [-0.2, -0.15) is 0 Å². The normalized spacial score (nSPS) is 12.8. The average molecular weight is 393 g/mol. The molecule has 29 heavy (non-hydrogen) atoms. The minimum Gasteiger partial charge on any atom is -0.381 e. The van der Waals surface area contributed by atoms with Gasteiger partial charge >= 0.3 is 0 Å². The number of nitrogens with zero attached hydrogens (tertiary/aromatic N) is 2. The quantitative estimate of drug-likeness (QED) is 0.490. The van der Waals surface area contributed by atoms with Crippen LogP contribution in [-0.4, -0.2) is 22.1 Å². The van der Waals surface area contributed by atoms with E-state index in [-0.39, 0.29) is 5.54 Å². The van der Waals surface area contributed by atoms with Crippen molar-refractivity contribution in [2.45, 2.75) is 65.3 Å². The molecule has 0 radical (unpaired) electrons. The van der Waals surface area contributed by atoms with Crippen LogP contribution in [0.2, 0.25) is 0 Å². The Morgan fingerprint density at radius 1 is 0.966 bits per heavy atom. The maximum Gasteiger partial charge on any atom is 0.0858 e. The summed E-state index contributed by atoms with van der Waals surface area (Å²) in [5.41, 5.74) is 5.55. The number of aromatic nitrogens is 2. The first kappa shape index (κ1) is 22.7. The third-order valence-corrected chi connectivity index (χ3v) is 5.21. The molecular formula is C25H36N4. The van der Waals surface area contributed by atoms with Crippen molar-refractivity contribution in [3.8, 4) is 0 Å². The van der Waals surface area contributed by atoms with E-state index in [9.17, 15) is 0 Å². The molecule has 0 bridgehead atoms. The largest absolute Gasteiger partial charge is 0.381 e. The highest BCUT2D eigenvalue weighted by Gasteiger charge is 2.29. The van der Waals surface area contributed by atoms with Crippen molar-refractivity contribution in [2.75, 3.05) is 6.54 Å². The topological polar surface area (TPSA) is 49.8 Å². The molecule has 4 nitrogen and oxygen atoms in total. The Hall–Kier alpha value is -2.62. The molecule has 2 N–H and O–H groups in total. The molecule has 0 saturated carbocycles. The van der Waals surface area contributed by atoms with Gasteiger partial charge in [0, 0.05) is 18.4 Å². The third kappa shape index (κ3) is 6.74. The molecule has 1 unspecified atom stereocenters. The number of rotatable bonds is 12. The zero-order chi connectivity index (χ0) is 21.3. The molecule has 0 aliphatic heterocycles. The lowest BCUT2D eigenvalue weighted by atomic mass is 9.86. The van der Waals surface area contributed by atoms with Crippen LogP contribution in [0, 0.1) is 13.8 Å². The summed E-state index contributed by atoms with van der Waals surface area (Å²) in [6.07, 6.45) is 7.38. The first-order chi connectivity index (χ1) is 13.9. The van der Waals surface area contributed by atoms with Gasteiger partial charge in [-0.25, -0.2) is 0 Å². The van der Waals surface area contributed by atoms with Crippen molar-refractivity contribution in [1.82, 2.24) is 20.6 Å². The summed E-state index contributed by atoms with van der Waals surface area (Å²) < 4.78 is 0. The molecule has 2 rings (SSSR count). The van der Waals surface area contributed by atoms with Gasteiger partial charge in [0.15, 0.2) is 0 Å². The highest BCUT2D eigenvalue weighted by Crippen LogP contribution is 2.25. The van der Waals surface area contributed by atoms with Crippen LogP contribution in [0.1, 0.15) is 68.6 Å². The van der Waals surface area contributed by atoms with Crippen molar-refractivity contribution in [1.29, 1.82) is 0 Å². The molecule has 2 aromatic heterocycles. The summed E-state index contributed by atoms with van der Waals surface area (Å²) in [6, 6.07) is 10.1. The van der Waals surface area contributed by atoms with Gasteiger partial charge in [0.05, 0.1) is 28.3 Å². The molecule has 0 aliphatic rings. The number of hydrogen-bond acceptors (Lipinski definition) is 4. The molecule has 0 fully saturated rings. The zero-order valence-corrected chi connectivity index (χ0v) is 18.5. The predicted molar refractivity (Wildman–Crippen MR) is 124 cm³/mol. The summed E-state index contributed by atoms with van der Waals surface area (Å²) in [6.45, 7) is 17.8. The summed E-state index contributed by atoms with van der Waals surface area (Å²) in [5, 5.41) is 7.28. The second-order valence-electron chi connectivity index (χ2n) is 7.95. The third-order valence-electron chi connectivity index (χ3n) is 5.21. The SMILES string of the molecule is C=C(NCC(CCC)(CCCC)NC(=C)c1ccc(C)cn1)c1cccc(C)n1. The van der Waals surface area contributed by atoms with Crippen molar-refractivity contribution >= 4 is 11.4 Å². The minimum atomic E-state index is -0.110. The zero-order valence-electron chi connectivity index (χ0n) is 18.5. The highest BCUT2D eigenvalue weighted by molar-refractivity contribution is 5.60. The fraction of sp³-hybridized carbons (Fsp3) is 0.440. The Labute approximate surface area is 176 Å². The van der Waals surface area contributed by atoms with Crippen LogP contribution >= 0.6 is 0 Å². The molecule has 0 saturated heterocycles. The van der Waals surface area contributed by atoms with Gasteiger partial charge in [0.1, 0.15) is 0 Å². The average Bonchev–Trinajstić information content (AvgIpc) is 2.71. The Kier molecular flexibility index (Phi) is 8.44. The van der Waals surface area contributed by atoms with Gasteiger partial charge in [0.25, 0.3) is 0 Å². The van der Waals surface area contributed by atoms with Crippen LogP contribution < -0.4 is 10.6 Å². The minimum absolute atomic E-state index is 0.110. The van der Waals surface area contributed by atoms with Gasteiger partial charge in [-0.05, 0) is 50.5 Å². The lowest BCUT2D eigenvalue weighted by molar-refractivity contribution is 0.304. The van der Waals surface area contributed by atoms with Crippen LogP contribution in [0.4, 0.5) is 0 Å². The summed E-state index contributed by atoms with van der Waals surface area (Å²) in [5.74, 6) is 0. The first-order valence-corrected chi connectivity index (χ1v) is 10.7.